The predicted molar refractivity (Wildman–Crippen MR) is 110 cm³/mol. The number of ether oxygens (including phenoxy) is 4. The van der Waals surface area contributed by atoms with Crippen molar-refractivity contribution in [2.24, 2.45) is 0 Å². The summed E-state index contributed by atoms with van der Waals surface area (Å²) in [6, 6.07) is 13.9. The molecule has 2 rings (SSSR count). The fourth-order valence-electron chi connectivity index (χ4n) is 2.56. The third-order valence-corrected chi connectivity index (χ3v) is 4.06. The molecule has 0 saturated heterocycles. The first-order valence-corrected chi connectivity index (χ1v) is 9.94. The summed E-state index contributed by atoms with van der Waals surface area (Å²) in [5.74, 6) is 0.816. The van der Waals surface area contributed by atoms with E-state index in [1.54, 1.807) is 62.4 Å². The molecule has 0 unspecified atom stereocenters. The molecule has 6 heteroatoms. The van der Waals surface area contributed by atoms with Crippen LogP contribution in [0.5, 0.6) is 11.5 Å². The highest BCUT2D eigenvalue weighted by Gasteiger charge is 2.07. The number of hydrogen-bond acceptors (Lipinski definition) is 6. The van der Waals surface area contributed by atoms with Gasteiger partial charge in [-0.15, -0.1) is 0 Å². The molecule has 0 heterocycles. The van der Waals surface area contributed by atoms with Gasteiger partial charge in [0.15, 0.2) is 0 Å². The minimum Gasteiger partial charge on any atom is -0.494 e. The normalized spacial score (nSPS) is 10.3. The van der Waals surface area contributed by atoms with Gasteiger partial charge in [-0.25, -0.2) is 9.59 Å². The zero-order valence-corrected chi connectivity index (χ0v) is 17.0. The lowest BCUT2D eigenvalue weighted by molar-refractivity contribution is 0.0516. The van der Waals surface area contributed by atoms with Crippen LogP contribution in [-0.2, 0) is 9.47 Å². The van der Waals surface area contributed by atoms with Crippen LogP contribution in [0.25, 0.3) is 0 Å². The summed E-state index contributed by atoms with van der Waals surface area (Å²) in [4.78, 5) is 23.2. The van der Waals surface area contributed by atoms with Crippen molar-refractivity contribution in [3.8, 4) is 11.5 Å². The van der Waals surface area contributed by atoms with Crippen LogP contribution in [0, 0.1) is 0 Å². The minimum atomic E-state index is -0.324. The molecule has 0 saturated carbocycles. The number of benzene rings is 2. The number of esters is 2. The monoisotopic (exact) mass is 400 g/mol. The first-order chi connectivity index (χ1) is 14.1. The number of carbonyl (C=O) groups is 2. The van der Waals surface area contributed by atoms with Gasteiger partial charge in [0.2, 0.25) is 0 Å². The van der Waals surface area contributed by atoms with Gasteiger partial charge in [-0.3, -0.25) is 0 Å². The van der Waals surface area contributed by atoms with E-state index in [0.717, 1.165) is 30.8 Å². The summed E-state index contributed by atoms with van der Waals surface area (Å²) in [7, 11) is 0. The van der Waals surface area contributed by atoms with Gasteiger partial charge in [0.1, 0.15) is 11.5 Å². The maximum Gasteiger partial charge on any atom is 0.338 e. The summed E-state index contributed by atoms with van der Waals surface area (Å²) in [6.45, 7) is 5.49. The second-order valence-corrected chi connectivity index (χ2v) is 6.25. The molecule has 2 aromatic carbocycles. The van der Waals surface area contributed by atoms with Gasteiger partial charge in [-0.05, 0) is 81.6 Å². The topological polar surface area (TPSA) is 71.1 Å². The summed E-state index contributed by atoms with van der Waals surface area (Å²) >= 11 is 0. The Labute approximate surface area is 171 Å². The molecular weight excluding hydrogens is 372 g/mol. The molecule has 0 N–H and O–H groups in total. The smallest absolute Gasteiger partial charge is 0.338 e. The van der Waals surface area contributed by atoms with E-state index in [1.807, 2.05) is 0 Å². The first-order valence-electron chi connectivity index (χ1n) is 9.94. The van der Waals surface area contributed by atoms with Gasteiger partial charge in [0, 0.05) is 0 Å². The van der Waals surface area contributed by atoms with Crippen molar-refractivity contribution >= 4 is 11.9 Å². The average Bonchev–Trinajstić information content (AvgIpc) is 2.74. The van der Waals surface area contributed by atoms with E-state index in [2.05, 4.69) is 0 Å². The van der Waals surface area contributed by atoms with Crippen LogP contribution in [0.2, 0.25) is 0 Å². The van der Waals surface area contributed by atoms with Gasteiger partial charge in [0.25, 0.3) is 0 Å². The highest BCUT2D eigenvalue weighted by atomic mass is 16.5. The largest absolute Gasteiger partial charge is 0.494 e. The molecule has 156 valence electrons. The van der Waals surface area contributed by atoms with E-state index in [0.29, 0.717) is 37.6 Å². The van der Waals surface area contributed by atoms with Crippen LogP contribution < -0.4 is 9.47 Å². The SMILES string of the molecule is CCOC(=O)c1ccc(OCCCCCOc2ccc(C(=O)OCC)cc2)cc1. The molecule has 0 amide bonds. The van der Waals surface area contributed by atoms with E-state index < -0.39 is 0 Å². The lowest BCUT2D eigenvalue weighted by atomic mass is 10.2. The van der Waals surface area contributed by atoms with E-state index in [9.17, 15) is 9.59 Å². The van der Waals surface area contributed by atoms with Crippen LogP contribution in [-0.4, -0.2) is 38.4 Å². The molecule has 0 atom stereocenters. The van der Waals surface area contributed by atoms with Crippen LogP contribution in [0.1, 0.15) is 53.8 Å². The Morgan fingerprint density at radius 1 is 0.621 bits per heavy atom. The third-order valence-electron chi connectivity index (χ3n) is 4.06. The number of carbonyl (C=O) groups excluding carboxylic acids is 2. The van der Waals surface area contributed by atoms with Gasteiger partial charge < -0.3 is 18.9 Å². The van der Waals surface area contributed by atoms with Crippen molar-refractivity contribution < 1.29 is 28.5 Å². The Hall–Kier alpha value is -3.02. The Morgan fingerprint density at radius 2 is 1.00 bits per heavy atom. The molecule has 2 aromatic rings. The van der Waals surface area contributed by atoms with Crippen molar-refractivity contribution in [3.63, 3.8) is 0 Å². The lowest BCUT2D eigenvalue weighted by Crippen LogP contribution is -2.05. The highest BCUT2D eigenvalue weighted by Crippen LogP contribution is 2.15. The summed E-state index contributed by atoms with van der Waals surface area (Å²) in [6.07, 6.45) is 2.79. The molecule has 0 radical (unpaired) electrons. The number of unbranched alkanes of at least 4 members (excludes halogenated alkanes) is 2. The maximum absolute atomic E-state index is 11.6. The molecule has 0 aliphatic heterocycles. The van der Waals surface area contributed by atoms with Gasteiger partial charge >= 0.3 is 11.9 Å². The summed E-state index contributed by atoms with van der Waals surface area (Å²) < 4.78 is 21.3. The van der Waals surface area contributed by atoms with Gasteiger partial charge in [-0.2, -0.15) is 0 Å². The van der Waals surface area contributed by atoms with E-state index in [4.69, 9.17) is 18.9 Å². The van der Waals surface area contributed by atoms with Crippen LogP contribution in [0.15, 0.2) is 48.5 Å². The molecule has 0 aromatic heterocycles. The van der Waals surface area contributed by atoms with Crippen molar-refractivity contribution in [1.29, 1.82) is 0 Å². The first kappa shape index (κ1) is 22.3. The molecule has 6 nitrogen and oxygen atoms in total. The van der Waals surface area contributed by atoms with Crippen molar-refractivity contribution in [1.82, 2.24) is 0 Å². The Balaban J connectivity index is 1.58. The molecule has 0 fully saturated rings. The summed E-state index contributed by atoms with van der Waals surface area (Å²) in [5.41, 5.74) is 1.04. The molecule has 0 spiro atoms. The third kappa shape index (κ3) is 7.86. The lowest BCUT2D eigenvalue weighted by Gasteiger charge is -2.08. The van der Waals surface area contributed by atoms with Crippen molar-refractivity contribution in [3.05, 3.63) is 59.7 Å². The zero-order chi connectivity index (χ0) is 20.9. The van der Waals surface area contributed by atoms with E-state index in [1.165, 1.54) is 0 Å². The maximum atomic E-state index is 11.6. The fourth-order valence-corrected chi connectivity index (χ4v) is 2.56. The molecule has 0 aliphatic carbocycles. The average molecular weight is 400 g/mol. The standard InChI is InChI=1S/C23H28O6/c1-3-26-22(24)18-8-12-20(13-9-18)28-16-6-5-7-17-29-21-14-10-19(11-15-21)23(25)27-4-2/h8-15H,3-7,16-17H2,1-2H3. The predicted octanol–water partition coefficient (Wildman–Crippen LogP) is 4.67. The molecule has 0 bridgehead atoms. The van der Waals surface area contributed by atoms with Crippen LogP contribution in [0.3, 0.4) is 0 Å². The minimum absolute atomic E-state index is 0.324. The van der Waals surface area contributed by atoms with Crippen molar-refractivity contribution in [2.75, 3.05) is 26.4 Å². The van der Waals surface area contributed by atoms with Crippen LogP contribution >= 0.6 is 0 Å². The van der Waals surface area contributed by atoms with Gasteiger partial charge in [0.05, 0.1) is 37.6 Å². The molecule has 0 aliphatic rings. The van der Waals surface area contributed by atoms with E-state index >= 15 is 0 Å². The Bertz CT molecular complexity index is 686. The van der Waals surface area contributed by atoms with E-state index in [-0.39, 0.29) is 11.9 Å². The molecular formula is C23H28O6. The second kappa shape index (κ2) is 12.4. The number of rotatable bonds is 12. The van der Waals surface area contributed by atoms with Gasteiger partial charge in [-0.1, -0.05) is 0 Å². The zero-order valence-electron chi connectivity index (χ0n) is 17.0. The fraction of sp³-hybridized carbons (Fsp3) is 0.391. The number of hydrogen-bond donors (Lipinski definition) is 0. The quantitative estimate of drug-likeness (QED) is 0.381. The highest BCUT2D eigenvalue weighted by molar-refractivity contribution is 5.89. The van der Waals surface area contributed by atoms with Crippen molar-refractivity contribution in [2.45, 2.75) is 33.1 Å². The Kier molecular flexibility index (Phi) is 9.55. The van der Waals surface area contributed by atoms with Crippen LogP contribution in [0.4, 0.5) is 0 Å². The Morgan fingerprint density at radius 3 is 1.34 bits per heavy atom. The summed E-state index contributed by atoms with van der Waals surface area (Å²) in [5, 5.41) is 0. The second-order valence-electron chi connectivity index (χ2n) is 6.25. The molecule has 29 heavy (non-hydrogen) atoms.